The van der Waals surface area contributed by atoms with Crippen LogP contribution in [0.15, 0.2) is 36.4 Å². The van der Waals surface area contributed by atoms with Crippen LogP contribution in [0.4, 0.5) is 4.39 Å². The van der Waals surface area contributed by atoms with E-state index in [1.807, 2.05) is 12.1 Å². The number of rotatable bonds is 5. The van der Waals surface area contributed by atoms with Crippen molar-refractivity contribution >= 4 is 11.6 Å². The minimum Gasteiger partial charge on any atom is -0.207 e. The van der Waals surface area contributed by atoms with E-state index in [4.69, 9.17) is 11.6 Å². The van der Waals surface area contributed by atoms with E-state index >= 15 is 0 Å². The Kier molecular flexibility index (Phi) is 5.89. The highest BCUT2D eigenvalue weighted by Crippen LogP contribution is 2.38. The van der Waals surface area contributed by atoms with Crippen LogP contribution in [0.5, 0.6) is 0 Å². The van der Waals surface area contributed by atoms with Crippen LogP contribution >= 0.6 is 11.6 Å². The van der Waals surface area contributed by atoms with Gasteiger partial charge in [-0.25, -0.2) is 4.98 Å². The van der Waals surface area contributed by atoms with Gasteiger partial charge in [-0.05, 0) is 60.8 Å². The predicted octanol–water partition coefficient (Wildman–Crippen LogP) is 7.01. The fourth-order valence-corrected chi connectivity index (χ4v) is 3.98. The highest BCUT2D eigenvalue weighted by Gasteiger charge is 2.22. The molecular formula is C21H25ClFN. The summed E-state index contributed by atoms with van der Waals surface area (Å²) in [6.45, 7) is 2.27. The third-order valence-electron chi connectivity index (χ3n) is 5.32. The number of benzene rings is 1. The Morgan fingerprint density at radius 2 is 1.75 bits per heavy atom. The zero-order valence-corrected chi connectivity index (χ0v) is 15.0. The number of hydrogen-bond acceptors (Lipinski definition) is 1. The van der Waals surface area contributed by atoms with Crippen LogP contribution in [-0.2, 0) is 0 Å². The summed E-state index contributed by atoms with van der Waals surface area (Å²) >= 11 is 5.72. The lowest BCUT2D eigenvalue weighted by Gasteiger charge is -2.29. The van der Waals surface area contributed by atoms with E-state index in [9.17, 15) is 4.39 Å². The van der Waals surface area contributed by atoms with Gasteiger partial charge in [0.2, 0.25) is 5.95 Å². The maximum absolute atomic E-state index is 13.9. The van der Waals surface area contributed by atoms with E-state index in [0.29, 0.717) is 11.5 Å². The molecule has 3 heteroatoms. The van der Waals surface area contributed by atoms with E-state index in [2.05, 4.69) is 24.0 Å². The molecule has 0 saturated heterocycles. The monoisotopic (exact) mass is 345 g/mol. The second-order valence-electron chi connectivity index (χ2n) is 6.95. The van der Waals surface area contributed by atoms with Crippen LogP contribution in [0.2, 0.25) is 5.15 Å². The third-order valence-corrected chi connectivity index (χ3v) is 5.53. The molecular weight excluding hydrogens is 321 g/mol. The van der Waals surface area contributed by atoms with Gasteiger partial charge in [0.05, 0.1) is 0 Å². The molecule has 1 aromatic carbocycles. The lowest BCUT2D eigenvalue weighted by Crippen LogP contribution is -2.13. The van der Waals surface area contributed by atoms with Crippen molar-refractivity contribution in [3.63, 3.8) is 0 Å². The van der Waals surface area contributed by atoms with Crippen molar-refractivity contribution in [3.8, 4) is 11.1 Å². The van der Waals surface area contributed by atoms with Gasteiger partial charge in [0.25, 0.3) is 0 Å². The molecule has 2 aromatic rings. The van der Waals surface area contributed by atoms with E-state index in [1.165, 1.54) is 50.5 Å². The molecule has 1 heterocycles. The molecule has 0 N–H and O–H groups in total. The second kappa shape index (κ2) is 8.11. The number of halogens is 2. The van der Waals surface area contributed by atoms with Crippen molar-refractivity contribution in [1.29, 1.82) is 0 Å². The number of hydrogen-bond donors (Lipinski definition) is 0. The lowest BCUT2D eigenvalue weighted by atomic mass is 9.77. The summed E-state index contributed by atoms with van der Waals surface area (Å²) in [5.41, 5.74) is 2.75. The first-order chi connectivity index (χ1) is 11.7. The van der Waals surface area contributed by atoms with E-state index in [0.717, 1.165) is 11.5 Å². The van der Waals surface area contributed by atoms with E-state index in [-0.39, 0.29) is 5.15 Å². The summed E-state index contributed by atoms with van der Waals surface area (Å²) in [5, 5.41) is 0.188. The van der Waals surface area contributed by atoms with Crippen molar-refractivity contribution in [2.75, 3.05) is 0 Å². The quantitative estimate of drug-likeness (QED) is 0.531. The number of pyridine rings is 1. The topological polar surface area (TPSA) is 12.9 Å². The Balaban J connectivity index is 1.65. The molecule has 0 unspecified atom stereocenters. The Morgan fingerprint density at radius 3 is 2.38 bits per heavy atom. The minimum absolute atomic E-state index is 0.188. The zero-order chi connectivity index (χ0) is 16.9. The highest BCUT2D eigenvalue weighted by atomic mass is 35.5. The molecule has 0 amide bonds. The first-order valence-corrected chi connectivity index (χ1v) is 9.47. The zero-order valence-electron chi connectivity index (χ0n) is 14.3. The minimum atomic E-state index is -0.508. The average Bonchev–Trinajstić information content (AvgIpc) is 2.61. The third kappa shape index (κ3) is 4.16. The Morgan fingerprint density at radius 1 is 1.04 bits per heavy atom. The van der Waals surface area contributed by atoms with Gasteiger partial charge in [0.1, 0.15) is 5.15 Å². The largest absolute Gasteiger partial charge is 0.222 e. The van der Waals surface area contributed by atoms with E-state index < -0.39 is 5.95 Å². The Labute approximate surface area is 149 Å². The van der Waals surface area contributed by atoms with E-state index in [1.54, 1.807) is 12.1 Å². The van der Waals surface area contributed by atoms with Gasteiger partial charge >= 0.3 is 0 Å². The Bertz CT molecular complexity index is 660. The maximum Gasteiger partial charge on any atom is 0.222 e. The molecule has 1 aromatic heterocycles. The molecule has 0 aliphatic heterocycles. The number of nitrogens with zero attached hydrogens (tertiary/aromatic N) is 1. The molecule has 0 radical (unpaired) electrons. The van der Waals surface area contributed by atoms with Crippen molar-refractivity contribution in [3.05, 3.63) is 53.1 Å². The second-order valence-corrected chi connectivity index (χ2v) is 7.34. The molecule has 0 spiro atoms. The molecule has 1 fully saturated rings. The van der Waals surface area contributed by atoms with Gasteiger partial charge in [-0.2, -0.15) is 4.39 Å². The first kappa shape index (κ1) is 17.4. The van der Waals surface area contributed by atoms with Crippen LogP contribution in [0.3, 0.4) is 0 Å². The molecule has 1 saturated carbocycles. The lowest BCUT2D eigenvalue weighted by molar-refractivity contribution is 0.304. The highest BCUT2D eigenvalue weighted by molar-refractivity contribution is 6.29. The average molecular weight is 346 g/mol. The first-order valence-electron chi connectivity index (χ1n) is 9.09. The van der Waals surface area contributed by atoms with Gasteiger partial charge in [-0.3, -0.25) is 0 Å². The number of aromatic nitrogens is 1. The predicted molar refractivity (Wildman–Crippen MR) is 98.9 cm³/mol. The van der Waals surface area contributed by atoms with Crippen molar-refractivity contribution in [2.24, 2.45) is 5.92 Å². The molecule has 24 heavy (non-hydrogen) atoms. The summed E-state index contributed by atoms with van der Waals surface area (Å²) in [4.78, 5) is 3.69. The molecule has 128 valence electrons. The normalized spacial score (nSPS) is 21.0. The summed E-state index contributed by atoms with van der Waals surface area (Å²) < 4.78 is 13.9. The Hall–Kier alpha value is -1.41. The van der Waals surface area contributed by atoms with Gasteiger partial charge in [0, 0.05) is 5.56 Å². The number of unbranched alkanes of at least 4 members (excludes halogenated alkanes) is 1. The van der Waals surface area contributed by atoms with Crippen LogP contribution < -0.4 is 0 Å². The smallest absolute Gasteiger partial charge is 0.207 e. The maximum atomic E-state index is 13.9. The van der Waals surface area contributed by atoms with Crippen LogP contribution in [0, 0.1) is 11.9 Å². The van der Waals surface area contributed by atoms with Gasteiger partial charge in [0.15, 0.2) is 0 Å². The van der Waals surface area contributed by atoms with Gasteiger partial charge in [-0.15, -0.1) is 0 Å². The van der Waals surface area contributed by atoms with Crippen LogP contribution in [0.25, 0.3) is 11.1 Å². The summed E-state index contributed by atoms with van der Waals surface area (Å²) in [7, 11) is 0. The standard InChI is InChI=1S/C21H25ClFN/c1-2-3-4-15-5-7-16(8-6-15)17-9-11-18(12-10-17)19-13-14-20(22)24-21(19)23/h9-16H,2-8H2,1H3/t15-,16-. The van der Waals surface area contributed by atoms with Gasteiger partial charge < -0.3 is 0 Å². The fraction of sp³-hybridized carbons (Fsp3) is 0.476. The molecule has 1 nitrogen and oxygen atoms in total. The summed E-state index contributed by atoms with van der Waals surface area (Å²) in [6.07, 6.45) is 9.33. The van der Waals surface area contributed by atoms with Crippen molar-refractivity contribution in [2.45, 2.75) is 57.8 Å². The van der Waals surface area contributed by atoms with Gasteiger partial charge in [-0.1, -0.05) is 62.1 Å². The molecule has 0 atom stereocenters. The van der Waals surface area contributed by atoms with Crippen molar-refractivity contribution in [1.82, 2.24) is 4.98 Å². The molecule has 1 aliphatic carbocycles. The molecule has 0 bridgehead atoms. The van der Waals surface area contributed by atoms with Crippen LogP contribution in [-0.4, -0.2) is 4.98 Å². The molecule has 3 rings (SSSR count). The summed E-state index contributed by atoms with van der Waals surface area (Å²) in [6, 6.07) is 11.6. The molecule has 1 aliphatic rings. The fourth-order valence-electron chi connectivity index (χ4n) is 3.84. The summed E-state index contributed by atoms with van der Waals surface area (Å²) in [5.74, 6) is 1.08. The van der Waals surface area contributed by atoms with Crippen molar-refractivity contribution < 1.29 is 4.39 Å². The SMILES string of the molecule is CCCC[C@H]1CC[C@H](c2ccc(-c3ccc(Cl)nc3F)cc2)CC1. The van der Waals surface area contributed by atoms with Crippen LogP contribution in [0.1, 0.15) is 63.4 Å².